The summed E-state index contributed by atoms with van der Waals surface area (Å²) in [6.07, 6.45) is 0.766. The van der Waals surface area contributed by atoms with Gasteiger partial charge in [-0.3, -0.25) is 4.79 Å². The van der Waals surface area contributed by atoms with Crippen LogP contribution in [0.5, 0.6) is 5.75 Å². The van der Waals surface area contributed by atoms with E-state index in [9.17, 15) is 9.90 Å². The molecule has 1 N–H and O–H groups in total. The average molecular weight is 266 g/mol. The fraction of sp³-hybridized carbons (Fsp3) is 0.533. The minimum absolute atomic E-state index is 0.231. The number of aliphatic hydroxyl groups is 1. The van der Waals surface area contributed by atoms with E-state index in [1.54, 1.807) is 0 Å². The van der Waals surface area contributed by atoms with Crippen molar-refractivity contribution >= 4 is 5.97 Å². The van der Waals surface area contributed by atoms with Crippen molar-refractivity contribution in [2.45, 2.75) is 39.2 Å². The summed E-state index contributed by atoms with van der Waals surface area (Å²) in [6, 6.07) is 7.26. The number of esters is 1. The zero-order valence-corrected chi connectivity index (χ0v) is 11.6. The Kier molecular flexibility index (Phi) is 6.97. The topological polar surface area (TPSA) is 55.8 Å². The highest BCUT2D eigenvalue weighted by molar-refractivity contribution is 5.69. The lowest BCUT2D eigenvalue weighted by molar-refractivity contribution is -0.144. The van der Waals surface area contributed by atoms with E-state index >= 15 is 0 Å². The molecule has 0 radical (unpaired) electrons. The molecule has 4 heteroatoms. The van der Waals surface area contributed by atoms with Gasteiger partial charge in [-0.05, 0) is 37.5 Å². The molecule has 0 heterocycles. The number of ether oxygens (including phenoxy) is 2. The number of carbonyl (C=O) groups is 1. The predicted octanol–water partition coefficient (Wildman–Crippen LogP) is 2.85. The maximum atomic E-state index is 11.3. The van der Waals surface area contributed by atoms with Gasteiger partial charge in [0.2, 0.25) is 0 Å². The van der Waals surface area contributed by atoms with Gasteiger partial charge in [-0.25, -0.2) is 0 Å². The summed E-state index contributed by atoms with van der Waals surface area (Å²) in [4.78, 5) is 11.3. The summed E-state index contributed by atoms with van der Waals surface area (Å²) in [5.41, 5.74) is 0.784. The Morgan fingerprint density at radius 3 is 2.53 bits per heavy atom. The van der Waals surface area contributed by atoms with Gasteiger partial charge in [0.1, 0.15) is 5.75 Å². The van der Waals surface area contributed by atoms with Crippen LogP contribution in [0.3, 0.4) is 0 Å². The van der Waals surface area contributed by atoms with Gasteiger partial charge in [0, 0.05) is 6.42 Å². The first-order valence-corrected chi connectivity index (χ1v) is 6.73. The van der Waals surface area contributed by atoms with E-state index in [-0.39, 0.29) is 12.4 Å². The quantitative estimate of drug-likeness (QED) is 0.735. The van der Waals surface area contributed by atoms with Crippen molar-refractivity contribution in [3.8, 4) is 5.75 Å². The Labute approximate surface area is 114 Å². The molecule has 0 saturated carbocycles. The average Bonchev–Trinajstić information content (AvgIpc) is 2.43. The lowest BCUT2D eigenvalue weighted by Gasteiger charge is -2.11. The Bertz CT molecular complexity index is 372. The van der Waals surface area contributed by atoms with E-state index in [4.69, 9.17) is 9.47 Å². The summed E-state index contributed by atoms with van der Waals surface area (Å²) >= 11 is 0. The van der Waals surface area contributed by atoms with Crippen LogP contribution in [0.1, 0.15) is 44.8 Å². The highest BCUT2D eigenvalue weighted by atomic mass is 16.5. The molecule has 0 spiro atoms. The van der Waals surface area contributed by atoms with Crippen molar-refractivity contribution in [3.63, 3.8) is 0 Å². The highest BCUT2D eigenvalue weighted by Crippen LogP contribution is 2.21. The van der Waals surface area contributed by atoms with E-state index in [0.29, 0.717) is 19.6 Å². The van der Waals surface area contributed by atoms with Crippen LogP contribution in [-0.4, -0.2) is 24.3 Å². The first kappa shape index (κ1) is 15.5. The van der Waals surface area contributed by atoms with E-state index in [1.165, 1.54) is 0 Å². The molecular weight excluding hydrogens is 244 g/mol. The predicted molar refractivity (Wildman–Crippen MR) is 73.1 cm³/mol. The molecule has 1 unspecified atom stereocenters. The number of carbonyl (C=O) groups excluding carboxylic acids is 1. The SMILES string of the molecule is CCCOC(=O)CCC(O)c1ccc(OCC)cc1. The molecule has 1 aromatic rings. The highest BCUT2D eigenvalue weighted by Gasteiger charge is 2.11. The first-order valence-electron chi connectivity index (χ1n) is 6.73. The number of aliphatic hydroxyl groups excluding tert-OH is 1. The van der Waals surface area contributed by atoms with Crippen molar-refractivity contribution < 1.29 is 19.4 Å². The molecule has 0 aromatic heterocycles. The van der Waals surface area contributed by atoms with Crippen molar-refractivity contribution in [3.05, 3.63) is 29.8 Å². The standard InChI is InChI=1S/C15H22O4/c1-3-11-19-15(17)10-9-14(16)12-5-7-13(8-6-12)18-4-2/h5-8,14,16H,3-4,9-11H2,1-2H3. The summed E-state index contributed by atoms with van der Waals surface area (Å²) in [5.74, 6) is 0.521. The third-order valence-corrected chi connectivity index (χ3v) is 2.66. The molecule has 0 amide bonds. The Hall–Kier alpha value is -1.55. The molecule has 19 heavy (non-hydrogen) atoms. The van der Waals surface area contributed by atoms with E-state index in [2.05, 4.69) is 0 Å². The second kappa shape index (κ2) is 8.53. The van der Waals surface area contributed by atoms with Crippen LogP contribution in [0, 0.1) is 0 Å². The van der Waals surface area contributed by atoms with Crippen molar-refractivity contribution in [1.29, 1.82) is 0 Å². The van der Waals surface area contributed by atoms with Gasteiger partial charge in [-0.15, -0.1) is 0 Å². The maximum absolute atomic E-state index is 11.3. The molecule has 1 rings (SSSR count). The van der Waals surface area contributed by atoms with Crippen LogP contribution in [0.25, 0.3) is 0 Å². The van der Waals surface area contributed by atoms with Crippen LogP contribution in [0.4, 0.5) is 0 Å². The largest absolute Gasteiger partial charge is 0.494 e. The van der Waals surface area contributed by atoms with Gasteiger partial charge in [0.05, 0.1) is 19.3 Å². The van der Waals surface area contributed by atoms with Crippen molar-refractivity contribution in [1.82, 2.24) is 0 Å². The summed E-state index contributed by atoms with van der Waals surface area (Å²) in [5, 5.41) is 9.97. The minimum atomic E-state index is -0.648. The molecular formula is C15H22O4. The maximum Gasteiger partial charge on any atom is 0.305 e. The van der Waals surface area contributed by atoms with Gasteiger partial charge in [-0.1, -0.05) is 19.1 Å². The van der Waals surface area contributed by atoms with Crippen LogP contribution in [0.2, 0.25) is 0 Å². The fourth-order valence-electron chi connectivity index (χ4n) is 1.66. The molecule has 0 saturated heterocycles. The third kappa shape index (κ3) is 5.75. The summed E-state index contributed by atoms with van der Waals surface area (Å²) in [7, 11) is 0. The number of benzene rings is 1. The lowest BCUT2D eigenvalue weighted by atomic mass is 10.0. The lowest BCUT2D eigenvalue weighted by Crippen LogP contribution is -2.08. The van der Waals surface area contributed by atoms with Crippen molar-refractivity contribution in [2.75, 3.05) is 13.2 Å². The molecule has 106 valence electrons. The van der Waals surface area contributed by atoms with Crippen LogP contribution in [-0.2, 0) is 9.53 Å². The number of hydrogen-bond acceptors (Lipinski definition) is 4. The van der Waals surface area contributed by atoms with Gasteiger partial charge < -0.3 is 14.6 Å². The van der Waals surface area contributed by atoms with Gasteiger partial charge in [0.25, 0.3) is 0 Å². The molecule has 0 fully saturated rings. The first-order chi connectivity index (χ1) is 9.17. The van der Waals surface area contributed by atoms with Crippen molar-refractivity contribution in [2.24, 2.45) is 0 Å². The second-order valence-electron chi connectivity index (χ2n) is 4.28. The second-order valence-corrected chi connectivity index (χ2v) is 4.28. The van der Waals surface area contributed by atoms with Crippen LogP contribution < -0.4 is 4.74 Å². The normalized spacial score (nSPS) is 11.9. The molecule has 0 aliphatic carbocycles. The number of rotatable bonds is 8. The fourth-order valence-corrected chi connectivity index (χ4v) is 1.66. The molecule has 1 atom stereocenters. The Morgan fingerprint density at radius 2 is 1.95 bits per heavy atom. The van der Waals surface area contributed by atoms with Gasteiger partial charge in [-0.2, -0.15) is 0 Å². The smallest absolute Gasteiger partial charge is 0.305 e. The van der Waals surface area contributed by atoms with E-state index < -0.39 is 6.10 Å². The summed E-state index contributed by atoms with van der Waals surface area (Å²) < 4.78 is 10.3. The molecule has 0 bridgehead atoms. The Morgan fingerprint density at radius 1 is 1.26 bits per heavy atom. The molecule has 0 aliphatic heterocycles. The van der Waals surface area contributed by atoms with Gasteiger partial charge in [0.15, 0.2) is 0 Å². The zero-order chi connectivity index (χ0) is 14.1. The van der Waals surface area contributed by atoms with Gasteiger partial charge >= 0.3 is 5.97 Å². The van der Waals surface area contributed by atoms with Crippen LogP contribution >= 0.6 is 0 Å². The number of hydrogen-bond donors (Lipinski definition) is 1. The van der Waals surface area contributed by atoms with Crippen LogP contribution in [0.15, 0.2) is 24.3 Å². The van der Waals surface area contributed by atoms with E-state index in [1.807, 2.05) is 38.1 Å². The third-order valence-electron chi connectivity index (χ3n) is 2.66. The van der Waals surface area contributed by atoms with E-state index in [0.717, 1.165) is 17.7 Å². The zero-order valence-electron chi connectivity index (χ0n) is 11.6. The monoisotopic (exact) mass is 266 g/mol. The summed E-state index contributed by atoms with van der Waals surface area (Å²) in [6.45, 7) is 4.93. The molecule has 1 aromatic carbocycles. The Balaban J connectivity index is 2.40. The molecule has 4 nitrogen and oxygen atoms in total. The minimum Gasteiger partial charge on any atom is -0.494 e. The molecule has 0 aliphatic rings.